The second kappa shape index (κ2) is 5.11. The molecule has 0 radical (unpaired) electrons. The Labute approximate surface area is 110 Å². The Balaban J connectivity index is 2.55. The van der Waals surface area contributed by atoms with Crippen molar-refractivity contribution in [3.8, 4) is 0 Å². The lowest BCUT2D eigenvalue weighted by atomic mass is 10.3. The molecule has 2 rings (SSSR count). The van der Waals surface area contributed by atoms with Crippen LogP contribution in [0.3, 0.4) is 0 Å². The zero-order valence-corrected chi connectivity index (χ0v) is 10.6. The highest BCUT2D eigenvalue weighted by Crippen LogP contribution is 2.23. The number of sulfonamides is 1. The first-order valence-electron chi connectivity index (χ1n) is 5.42. The van der Waals surface area contributed by atoms with Crippen molar-refractivity contribution in [1.82, 2.24) is 0 Å². The topological polar surface area (TPSA) is 74.7 Å². The quantitative estimate of drug-likeness (QED) is 0.935. The fourth-order valence-electron chi connectivity index (χ4n) is 1.61. The highest BCUT2D eigenvalue weighted by molar-refractivity contribution is 7.93. The van der Waals surface area contributed by atoms with E-state index in [-0.39, 0.29) is 10.6 Å². The summed E-state index contributed by atoms with van der Waals surface area (Å²) in [6, 6.07) is 15.1. The molecule has 6 heteroatoms. The van der Waals surface area contributed by atoms with Crippen molar-refractivity contribution < 1.29 is 18.3 Å². The SMILES string of the molecule is O=C(O)N(c1ccccc1)S(=O)(=O)c1ccccc1. The summed E-state index contributed by atoms with van der Waals surface area (Å²) in [5, 5.41) is 9.17. The first-order valence-corrected chi connectivity index (χ1v) is 6.86. The Morgan fingerprint density at radius 3 is 1.84 bits per heavy atom. The van der Waals surface area contributed by atoms with Crippen LogP contribution in [0.25, 0.3) is 0 Å². The van der Waals surface area contributed by atoms with Gasteiger partial charge in [-0.2, -0.15) is 4.31 Å². The van der Waals surface area contributed by atoms with E-state index in [2.05, 4.69) is 0 Å². The monoisotopic (exact) mass is 277 g/mol. The third-order valence-electron chi connectivity index (χ3n) is 2.45. The number of rotatable bonds is 3. The molecule has 0 aliphatic rings. The Hall–Kier alpha value is -2.34. The number of amides is 1. The number of carboxylic acid groups (broad SMARTS) is 1. The highest BCUT2D eigenvalue weighted by atomic mass is 32.2. The van der Waals surface area contributed by atoms with Crippen molar-refractivity contribution in [3.05, 3.63) is 60.7 Å². The van der Waals surface area contributed by atoms with Gasteiger partial charge in [0.2, 0.25) is 0 Å². The second-order valence-electron chi connectivity index (χ2n) is 3.70. The predicted molar refractivity (Wildman–Crippen MR) is 70.6 cm³/mol. The Morgan fingerprint density at radius 1 is 0.895 bits per heavy atom. The molecular formula is C13H11NO4S. The molecular weight excluding hydrogens is 266 g/mol. The van der Waals surface area contributed by atoms with E-state index in [4.69, 9.17) is 0 Å². The van der Waals surface area contributed by atoms with Crippen LogP contribution in [0.15, 0.2) is 65.6 Å². The molecule has 0 spiro atoms. The van der Waals surface area contributed by atoms with Gasteiger partial charge in [0.15, 0.2) is 0 Å². The summed E-state index contributed by atoms with van der Waals surface area (Å²) in [6.07, 6.45) is -1.55. The van der Waals surface area contributed by atoms with Gasteiger partial charge in [-0.1, -0.05) is 36.4 Å². The molecule has 2 aromatic carbocycles. The van der Waals surface area contributed by atoms with Crippen LogP contribution in [-0.2, 0) is 10.0 Å². The molecule has 0 bridgehead atoms. The van der Waals surface area contributed by atoms with Crippen LogP contribution in [0, 0.1) is 0 Å². The first kappa shape index (κ1) is 13.1. The molecule has 98 valence electrons. The van der Waals surface area contributed by atoms with Crippen molar-refractivity contribution in [2.24, 2.45) is 0 Å². The number of hydrogen-bond acceptors (Lipinski definition) is 3. The standard InChI is InChI=1S/C13H11NO4S/c15-13(16)14(11-7-3-1-4-8-11)19(17,18)12-9-5-2-6-10-12/h1-10H,(H,15,16). The molecule has 0 saturated carbocycles. The second-order valence-corrected chi connectivity index (χ2v) is 5.49. The van der Waals surface area contributed by atoms with E-state index in [0.29, 0.717) is 4.31 Å². The van der Waals surface area contributed by atoms with Crippen LogP contribution in [-0.4, -0.2) is 19.6 Å². The molecule has 19 heavy (non-hydrogen) atoms. The molecule has 1 amide bonds. The molecule has 0 aliphatic carbocycles. The average molecular weight is 277 g/mol. The van der Waals surface area contributed by atoms with Crippen LogP contribution in [0.5, 0.6) is 0 Å². The maximum absolute atomic E-state index is 12.3. The molecule has 1 N–H and O–H groups in total. The molecule has 0 saturated heterocycles. The summed E-state index contributed by atoms with van der Waals surface area (Å²) in [5.74, 6) is 0. The van der Waals surface area contributed by atoms with E-state index in [0.717, 1.165) is 0 Å². The molecule has 0 aliphatic heterocycles. The van der Waals surface area contributed by atoms with E-state index < -0.39 is 16.1 Å². The van der Waals surface area contributed by atoms with Crippen LogP contribution in [0.1, 0.15) is 0 Å². The molecule has 5 nitrogen and oxygen atoms in total. The minimum absolute atomic E-state index is 0.0683. The Kier molecular flexibility index (Phi) is 3.52. The van der Waals surface area contributed by atoms with Crippen molar-refractivity contribution in [2.45, 2.75) is 4.90 Å². The van der Waals surface area contributed by atoms with Gasteiger partial charge < -0.3 is 5.11 Å². The van der Waals surface area contributed by atoms with Crippen LogP contribution < -0.4 is 4.31 Å². The van der Waals surface area contributed by atoms with Gasteiger partial charge in [-0.05, 0) is 24.3 Å². The molecule has 2 aromatic rings. The van der Waals surface area contributed by atoms with E-state index in [9.17, 15) is 18.3 Å². The van der Waals surface area contributed by atoms with Crippen molar-refractivity contribution in [1.29, 1.82) is 0 Å². The minimum atomic E-state index is -4.12. The summed E-state index contributed by atoms with van der Waals surface area (Å²) in [5.41, 5.74) is 0.0823. The fourth-order valence-corrected chi connectivity index (χ4v) is 2.93. The zero-order chi connectivity index (χ0) is 13.9. The van der Waals surface area contributed by atoms with Crippen molar-refractivity contribution in [2.75, 3.05) is 4.31 Å². The van der Waals surface area contributed by atoms with Gasteiger partial charge in [-0.15, -0.1) is 0 Å². The number of nitrogens with zero attached hydrogens (tertiary/aromatic N) is 1. The van der Waals surface area contributed by atoms with Crippen molar-refractivity contribution in [3.63, 3.8) is 0 Å². The summed E-state index contributed by atoms with van der Waals surface area (Å²) in [6.45, 7) is 0. The third kappa shape index (κ3) is 2.58. The molecule has 0 heterocycles. The summed E-state index contributed by atoms with van der Waals surface area (Å²) in [4.78, 5) is 11.2. The number of benzene rings is 2. The van der Waals surface area contributed by atoms with E-state index in [1.807, 2.05) is 0 Å². The molecule has 0 atom stereocenters. The van der Waals surface area contributed by atoms with Gasteiger partial charge >= 0.3 is 6.09 Å². The predicted octanol–water partition coefficient (Wildman–Crippen LogP) is 2.56. The number of anilines is 1. The Bertz CT molecular complexity index is 668. The van der Waals surface area contributed by atoms with Gasteiger partial charge in [0.25, 0.3) is 10.0 Å². The van der Waals surface area contributed by atoms with E-state index >= 15 is 0 Å². The van der Waals surface area contributed by atoms with Gasteiger partial charge in [-0.25, -0.2) is 13.2 Å². The summed E-state index contributed by atoms with van der Waals surface area (Å²) >= 11 is 0. The highest BCUT2D eigenvalue weighted by Gasteiger charge is 2.30. The Morgan fingerprint density at radius 2 is 1.37 bits per heavy atom. The van der Waals surface area contributed by atoms with Crippen LogP contribution in [0.2, 0.25) is 0 Å². The maximum atomic E-state index is 12.3. The first-order chi connectivity index (χ1) is 9.03. The van der Waals surface area contributed by atoms with E-state index in [1.165, 1.54) is 36.4 Å². The fraction of sp³-hybridized carbons (Fsp3) is 0. The van der Waals surface area contributed by atoms with Crippen LogP contribution in [0.4, 0.5) is 10.5 Å². The third-order valence-corrected chi connectivity index (χ3v) is 4.16. The lowest BCUT2D eigenvalue weighted by Crippen LogP contribution is -2.35. The minimum Gasteiger partial charge on any atom is -0.464 e. The zero-order valence-electron chi connectivity index (χ0n) is 9.80. The van der Waals surface area contributed by atoms with Crippen molar-refractivity contribution >= 4 is 21.8 Å². The summed E-state index contributed by atoms with van der Waals surface area (Å²) in [7, 11) is -4.12. The number of carbonyl (C=O) groups is 1. The maximum Gasteiger partial charge on any atom is 0.426 e. The van der Waals surface area contributed by atoms with Crippen LogP contribution >= 0.6 is 0 Å². The summed E-state index contributed by atoms with van der Waals surface area (Å²) < 4.78 is 25.0. The molecule has 0 unspecified atom stereocenters. The normalized spacial score (nSPS) is 10.9. The molecule has 0 fully saturated rings. The number of hydrogen-bond donors (Lipinski definition) is 1. The molecule has 0 aromatic heterocycles. The van der Waals surface area contributed by atoms with Gasteiger partial charge in [-0.3, -0.25) is 0 Å². The number of para-hydroxylation sites is 1. The van der Waals surface area contributed by atoms with Gasteiger partial charge in [0, 0.05) is 0 Å². The van der Waals surface area contributed by atoms with Gasteiger partial charge in [0.05, 0.1) is 10.6 Å². The lowest BCUT2D eigenvalue weighted by Gasteiger charge is -2.19. The largest absolute Gasteiger partial charge is 0.464 e. The van der Waals surface area contributed by atoms with Gasteiger partial charge in [0.1, 0.15) is 0 Å². The van der Waals surface area contributed by atoms with E-state index in [1.54, 1.807) is 24.3 Å². The average Bonchev–Trinajstić information content (AvgIpc) is 2.40. The smallest absolute Gasteiger partial charge is 0.426 e. The lowest BCUT2D eigenvalue weighted by molar-refractivity contribution is 0.206.